The number of nitrogens with one attached hydrogen (secondary N) is 3. The molecule has 8 heteroatoms. The highest BCUT2D eigenvalue weighted by molar-refractivity contribution is 7.80. The van der Waals surface area contributed by atoms with Crippen LogP contribution < -0.4 is 15.4 Å². The van der Waals surface area contributed by atoms with Gasteiger partial charge in [-0.2, -0.15) is 4.72 Å². The molecule has 0 aliphatic heterocycles. The van der Waals surface area contributed by atoms with E-state index in [1.807, 2.05) is 31.2 Å². The standard InChI is InChI=1S/C20H33N3O3S2/c1-4-5-6-7-8-9-14-22-18(24)15-20(19(27)21-3,23-28(25)26)17-12-10-16(2)11-13-17/h10-13,23H,4-9,14-15H2,1-3H3,(H,21,27)(H,22,24)(H,25,26). The molecule has 0 aliphatic carbocycles. The zero-order valence-electron chi connectivity index (χ0n) is 17.0. The average Bonchev–Trinajstić information content (AvgIpc) is 2.66. The van der Waals surface area contributed by atoms with E-state index in [4.69, 9.17) is 12.2 Å². The summed E-state index contributed by atoms with van der Waals surface area (Å²) < 4.78 is 23.7. The number of benzene rings is 1. The van der Waals surface area contributed by atoms with Gasteiger partial charge in [-0.25, -0.2) is 4.21 Å². The third-order valence-corrected chi connectivity index (χ3v) is 5.77. The van der Waals surface area contributed by atoms with Gasteiger partial charge in [-0.3, -0.25) is 9.35 Å². The van der Waals surface area contributed by atoms with Gasteiger partial charge in [-0.05, 0) is 18.9 Å². The Morgan fingerprint density at radius 3 is 2.32 bits per heavy atom. The van der Waals surface area contributed by atoms with Gasteiger partial charge < -0.3 is 10.6 Å². The molecule has 6 nitrogen and oxygen atoms in total. The molecule has 0 fully saturated rings. The summed E-state index contributed by atoms with van der Waals surface area (Å²) in [6.45, 7) is 4.72. The summed E-state index contributed by atoms with van der Waals surface area (Å²) in [6, 6.07) is 7.41. The number of hydrogen-bond donors (Lipinski definition) is 4. The molecular weight excluding hydrogens is 394 g/mol. The first-order valence-electron chi connectivity index (χ1n) is 9.80. The Bertz CT molecular complexity index is 653. The van der Waals surface area contributed by atoms with Crippen molar-refractivity contribution in [1.29, 1.82) is 0 Å². The number of rotatable bonds is 13. The van der Waals surface area contributed by atoms with Crippen molar-refractivity contribution < 1.29 is 13.6 Å². The van der Waals surface area contributed by atoms with Crippen molar-refractivity contribution in [3.63, 3.8) is 0 Å². The van der Waals surface area contributed by atoms with E-state index in [1.54, 1.807) is 7.05 Å². The summed E-state index contributed by atoms with van der Waals surface area (Å²) in [5, 5.41) is 5.78. The molecule has 1 aromatic rings. The van der Waals surface area contributed by atoms with Crippen LogP contribution in [0, 0.1) is 6.92 Å². The molecule has 0 aliphatic rings. The van der Waals surface area contributed by atoms with Crippen LogP contribution in [0.3, 0.4) is 0 Å². The van der Waals surface area contributed by atoms with E-state index in [2.05, 4.69) is 22.3 Å². The van der Waals surface area contributed by atoms with Crippen LogP contribution >= 0.6 is 12.2 Å². The highest BCUT2D eigenvalue weighted by Gasteiger charge is 2.40. The first-order valence-corrected chi connectivity index (χ1v) is 11.3. The van der Waals surface area contributed by atoms with Crippen LogP contribution in [0.5, 0.6) is 0 Å². The topological polar surface area (TPSA) is 90.5 Å². The van der Waals surface area contributed by atoms with Crippen LogP contribution in [0.4, 0.5) is 0 Å². The fraction of sp³-hybridized carbons (Fsp3) is 0.600. The highest BCUT2D eigenvalue weighted by Crippen LogP contribution is 2.28. The number of thiocarbonyl (C=S) groups is 1. The Morgan fingerprint density at radius 2 is 1.75 bits per heavy atom. The molecule has 2 unspecified atom stereocenters. The Morgan fingerprint density at radius 1 is 1.14 bits per heavy atom. The van der Waals surface area contributed by atoms with Crippen LogP contribution in [-0.2, 0) is 21.6 Å². The average molecular weight is 428 g/mol. The fourth-order valence-corrected chi connectivity index (χ4v) is 3.99. The molecular formula is C20H33N3O3S2. The molecule has 0 heterocycles. The van der Waals surface area contributed by atoms with Gasteiger partial charge in [0.2, 0.25) is 17.2 Å². The van der Waals surface area contributed by atoms with Gasteiger partial charge in [0.15, 0.2) is 0 Å². The number of likely N-dealkylation sites (N-methyl/N-ethyl adjacent to an activating group) is 1. The first kappa shape index (κ1) is 24.7. The van der Waals surface area contributed by atoms with Crippen LogP contribution in [0.25, 0.3) is 0 Å². The molecule has 1 amide bonds. The maximum atomic E-state index is 12.6. The second-order valence-corrected chi connectivity index (χ2v) is 8.11. The van der Waals surface area contributed by atoms with Gasteiger partial charge in [0.1, 0.15) is 10.5 Å². The molecule has 0 radical (unpaired) electrons. The molecule has 0 saturated heterocycles. The van der Waals surface area contributed by atoms with E-state index in [1.165, 1.54) is 25.7 Å². The molecule has 2 atom stereocenters. The maximum Gasteiger partial charge on any atom is 0.232 e. The van der Waals surface area contributed by atoms with Gasteiger partial charge in [-0.15, -0.1) is 0 Å². The largest absolute Gasteiger partial charge is 0.381 e. The number of amides is 1. The van der Waals surface area contributed by atoms with Crippen molar-refractivity contribution in [3.8, 4) is 0 Å². The smallest absolute Gasteiger partial charge is 0.232 e. The number of carbonyl (C=O) groups is 1. The lowest BCUT2D eigenvalue weighted by Gasteiger charge is -2.34. The van der Waals surface area contributed by atoms with E-state index in [0.29, 0.717) is 12.1 Å². The number of carbonyl (C=O) groups excluding carboxylic acids is 1. The molecule has 158 valence electrons. The molecule has 0 saturated carbocycles. The maximum absolute atomic E-state index is 12.6. The van der Waals surface area contributed by atoms with Crippen LogP contribution in [-0.4, -0.2) is 33.2 Å². The fourth-order valence-electron chi connectivity index (χ4n) is 3.09. The summed E-state index contributed by atoms with van der Waals surface area (Å²) in [5.41, 5.74) is 0.447. The molecule has 4 N–H and O–H groups in total. The van der Waals surface area contributed by atoms with E-state index in [0.717, 1.165) is 18.4 Å². The summed E-state index contributed by atoms with van der Waals surface area (Å²) in [5.74, 6) is -0.218. The van der Waals surface area contributed by atoms with E-state index in [9.17, 15) is 13.6 Å². The van der Waals surface area contributed by atoms with Gasteiger partial charge in [0.05, 0.1) is 6.42 Å². The second-order valence-electron chi connectivity index (χ2n) is 7.00. The van der Waals surface area contributed by atoms with Crippen molar-refractivity contribution in [3.05, 3.63) is 35.4 Å². The zero-order chi connectivity index (χ0) is 21.0. The minimum absolute atomic E-state index is 0.0716. The third kappa shape index (κ3) is 7.95. The predicted molar refractivity (Wildman–Crippen MR) is 119 cm³/mol. The van der Waals surface area contributed by atoms with Crippen molar-refractivity contribution in [2.45, 2.75) is 64.3 Å². The number of hydrogen-bond acceptors (Lipinski definition) is 3. The van der Waals surface area contributed by atoms with E-state index in [-0.39, 0.29) is 17.3 Å². The Labute approximate surface area is 176 Å². The van der Waals surface area contributed by atoms with Gasteiger partial charge in [0.25, 0.3) is 0 Å². The van der Waals surface area contributed by atoms with E-state index >= 15 is 0 Å². The van der Waals surface area contributed by atoms with Crippen molar-refractivity contribution >= 4 is 34.4 Å². The summed E-state index contributed by atoms with van der Waals surface area (Å²) in [4.78, 5) is 12.9. The number of aryl methyl sites for hydroxylation is 1. The minimum atomic E-state index is -2.35. The minimum Gasteiger partial charge on any atom is -0.381 e. The zero-order valence-corrected chi connectivity index (χ0v) is 18.7. The molecule has 1 rings (SSSR count). The second kappa shape index (κ2) is 13.0. The van der Waals surface area contributed by atoms with Crippen molar-refractivity contribution in [2.24, 2.45) is 0 Å². The van der Waals surface area contributed by atoms with E-state index < -0.39 is 16.8 Å². The Kier molecular flexibility index (Phi) is 11.4. The quantitative estimate of drug-likeness (QED) is 0.220. The van der Waals surface area contributed by atoms with Gasteiger partial charge in [-0.1, -0.05) is 81.1 Å². The molecule has 1 aromatic carbocycles. The van der Waals surface area contributed by atoms with Gasteiger partial charge in [0, 0.05) is 13.6 Å². The lowest BCUT2D eigenvalue weighted by Crippen LogP contribution is -2.55. The Balaban J connectivity index is 2.84. The molecule has 28 heavy (non-hydrogen) atoms. The summed E-state index contributed by atoms with van der Waals surface area (Å²) in [6.07, 6.45) is 6.78. The highest BCUT2D eigenvalue weighted by atomic mass is 32.2. The number of unbranched alkanes of at least 4 members (excludes halogenated alkanes) is 5. The van der Waals surface area contributed by atoms with Crippen molar-refractivity contribution in [1.82, 2.24) is 15.4 Å². The van der Waals surface area contributed by atoms with Crippen LogP contribution in [0.15, 0.2) is 24.3 Å². The normalized spacial score (nSPS) is 14.1. The third-order valence-electron chi connectivity index (χ3n) is 4.70. The SMILES string of the molecule is CCCCCCCCNC(=O)CC(NS(=O)O)(C(=S)NC)c1ccc(C)cc1. The summed E-state index contributed by atoms with van der Waals surface area (Å²) >= 11 is 3.09. The lowest BCUT2D eigenvalue weighted by atomic mass is 9.86. The molecule has 0 bridgehead atoms. The van der Waals surface area contributed by atoms with Crippen LogP contribution in [0.1, 0.15) is 63.0 Å². The summed E-state index contributed by atoms with van der Waals surface area (Å²) in [7, 11) is 1.64. The monoisotopic (exact) mass is 427 g/mol. The van der Waals surface area contributed by atoms with Crippen LogP contribution in [0.2, 0.25) is 0 Å². The van der Waals surface area contributed by atoms with Crippen molar-refractivity contribution in [2.75, 3.05) is 13.6 Å². The first-order chi connectivity index (χ1) is 13.4. The van der Waals surface area contributed by atoms with Gasteiger partial charge >= 0.3 is 0 Å². The Hall–Kier alpha value is -1.35. The molecule has 0 spiro atoms. The lowest BCUT2D eigenvalue weighted by molar-refractivity contribution is -0.121. The predicted octanol–water partition coefficient (Wildman–Crippen LogP) is 3.33. The molecule has 0 aromatic heterocycles.